The lowest BCUT2D eigenvalue weighted by Gasteiger charge is -2.22. The fraction of sp³-hybridized carbons (Fsp3) is 0.217. The molecule has 0 spiro atoms. The average Bonchev–Trinajstić information content (AvgIpc) is 3.14. The molecule has 0 aliphatic carbocycles. The minimum Gasteiger partial charge on any atom is -0.494 e. The van der Waals surface area contributed by atoms with Crippen LogP contribution in [0.3, 0.4) is 0 Å². The van der Waals surface area contributed by atoms with Gasteiger partial charge >= 0.3 is 5.69 Å². The lowest BCUT2D eigenvalue weighted by atomic mass is 9.95. The van der Waals surface area contributed by atoms with E-state index in [2.05, 4.69) is 9.97 Å². The third-order valence-corrected chi connectivity index (χ3v) is 6.01. The second-order valence-electron chi connectivity index (χ2n) is 7.84. The van der Waals surface area contributed by atoms with Crippen LogP contribution in [0, 0.1) is 5.82 Å². The number of fused-ring (bicyclic) bond motifs is 3. The molecule has 5 rings (SSSR count). The molecule has 31 heavy (non-hydrogen) atoms. The van der Waals surface area contributed by atoms with Crippen molar-refractivity contribution < 1.29 is 14.8 Å². The van der Waals surface area contributed by atoms with Gasteiger partial charge in [-0.15, -0.1) is 0 Å². The van der Waals surface area contributed by atoms with Crippen molar-refractivity contribution in [3.05, 3.63) is 97.6 Å². The number of quaternary nitrogens is 1. The van der Waals surface area contributed by atoms with Gasteiger partial charge in [0.1, 0.15) is 11.4 Å². The van der Waals surface area contributed by atoms with Crippen LogP contribution in [-0.2, 0) is 19.4 Å². The van der Waals surface area contributed by atoms with Gasteiger partial charge in [0.25, 0.3) is 5.56 Å². The Hall–Kier alpha value is -3.65. The zero-order valence-electron chi connectivity index (χ0n) is 16.7. The van der Waals surface area contributed by atoms with Crippen LogP contribution in [0.5, 0.6) is 5.88 Å². The molecule has 2 aromatic carbocycles. The third-order valence-electron chi connectivity index (χ3n) is 6.01. The van der Waals surface area contributed by atoms with Crippen LogP contribution in [0.4, 0.5) is 4.39 Å². The maximum absolute atomic E-state index is 13.1. The molecule has 0 bridgehead atoms. The topological polar surface area (TPSA) is 107 Å². The zero-order valence-corrected chi connectivity index (χ0v) is 16.7. The van der Waals surface area contributed by atoms with E-state index in [9.17, 15) is 19.1 Å². The van der Waals surface area contributed by atoms with E-state index >= 15 is 0 Å². The van der Waals surface area contributed by atoms with Crippen molar-refractivity contribution in [2.45, 2.75) is 25.4 Å². The number of para-hydroxylation sites is 1. The maximum atomic E-state index is 13.1. The first-order valence-electron chi connectivity index (χ1n) is 10.3. The Kier molecular flexibility index (Phi) is 4.71. The van der Waals surface area contributed by atoms with E-state index in [1.165, 1.54) is 16.7 Å². The molecule has 4 aromatic rings. The summed E-state index contributed by atoms with van der Waals surface area (Å²) in [5.41, 5.74) is 2.71. The van der Waals surface area contributed by atoms with Crippen LogP contribution in [-0.4, -0.2) is 26.2 Å². The fourth-order valence-corrected chi connectivity index (χ4v) is 4.48. The van der Waals surface area contributed by atoms with Crippen molar-refractivity contribution in [1.82, 2.24) is 14.5 Å². The van der Waals surface area contributed by atoms with E-state index < -0.39 is 17.3 Å². The van der Waals surface area contributed by atoms with Crippen LogP contribution < -0.4 is 16.6 Å². The smallest absolute Gasteiger partial charge is 0.331 e. The molecule has 1 atom stereocenters. The summed E-state index contributed by atoms with van der Waals surface area (Å²) in [6.07, 6.45) is 1.25. The largest absolute Gasteiger partial charge is 0.494 e. The molecule has 1 aliphatic heterocycles. The fourth-order valence-electron chi connectivity index (χ4n) is 4.48. The highest BCUT2D eigenvalue weighted by Crippen LogP contribution is 2.31. The number of hydrogen-bond donors (Lipinski definition) is 4. The normalized spacial score (nSPS) is 15.8. The number of aromatic amines is 2. The van der Waals surface area contributed by atoms with Crippen LogP contribution in [0.2, 0.25) is 0 Å². The lowest BCUT2D eigenvalue weighted by Crippen LogP contribution is -2.87. The van der Waals surface area contributed by atoms with Gasteiger partial charge in [-0.1, -0.05) is 30.3 Å². The second kappa shape index (κ2) is 7.55. The number of nitrogens with one attached hydrogen (secondary N) is 2. The number of aromatic nitrogens is 3. The van der Waals surface area contributed by atoms with Crippen LogP contribution in [0.15, 0.2) is 58.1 Å². The number of rotatable bonds is 4. The van der Waals surface area contributed by atoms with Gasteiger partial charge in [0.15, 0.2) is 6.04 Å². The first-order chi connectivity index (χ1) is 15.0. The number of halogens is 1. The molecule has 5 N–H and O–H groups in total. The van der Waals surface area contributed by atoms with E-state index in [0.717, 1.165) is 40.7 Å². The Balaban J connectivity index is 1.56. The summed E-state index contributed by atoms with van der Waals surface area (Å²) in [7, 11) is 0. The highest BCUT2D eigenvalue weighted by molar-refractivity contribution is 5.85. The van der Waals surface area contributed by atoms with Gasteiger partial charge in [0, 0.05) is 23.9 Å². The van der Waals surface area contributed by atoms with Gasteiger partial charge in [-0.05, 0) is 35.7 Å². The number of aromatic hydroxyl groups is 1. The first kappa shape index (κ1) is 19.3. The van der Waals surface area contributed by atoms with E-state index in [1.54, 1.807) is 12.1 Å². The summed E-state index contributed by atoms with van der Waals surface area (Å²) >= 11 is 0. The van der Waals surface area contributed by atoms with Crippen molar-refractivity contribution in [3.8, 4) is 5.88 Å². The van der Waals surface area contributed by atoms with Gasteiger partial charge in [-0.25, -0.2) is 9.18 Å². The minimum absolute atomic E-state index is 0.159. The standard InChI is InChI=1S/C23H21FN4O3/c24-14-7-5-13(6-8-14)10-12-28-22(30)18(21(29)27-23(28)31)20-19-16(9-11-25-20)15-3-1-2-4-17(15)26-19/h1-8,20,25-26,30H,9-12H2,(H,27,29,31)/p+1/t20-/m1/s1. The molecule has 158 valence electrons. The Labute approximate surface area is 176 Å². The summed E-state index contributed by atoms with van der Waals surface area (Å²) in [6, 6.07) is 13.5. The molecular formula is C23H22FN4O3+. The quantitative estimate of drug-likeness (QED) is 0.399. The predicted octanol–water partition coefficient (Wildman–Crippen LogP) is 1.31. The summed E-state index contributed by atoms with van der Waals surface area (Å²) in [5.74, 6) is -0.666. The van der Waals surface area contributed by atoms with E-state index in [1.807, 2.05) is 29.6 Å². The molecule has 0 amide bonds. The average molecular weight is 421 g/mol. The molecule has 7 nitrogen and oxygen atoms in total. The maximum Gasteiger partial charge on any atom is 0.331 e. The Morgan fingerprint density at radius 1 is 1.10 bits per heavy atom. The second-order valence-corrected chi connectivity index (χ2v) is 7.84. The summed E-state index contributed by atoms with van der Waals surface area (Å²) < 4.78 is 14.3. The van der Waals surface area contributed by atoms with Gasteiger partial charge in [0.05, 0.1) is 12.2 Å². The van der Waals surface area contributed by atoms with E-state index in [4.69, 9.17) is 0 Å². The number of nitrogens with zero attached hydrogens (tertiary/aromatic N) is 1. The van der Waals surface area contributed by atoms with E-state index in [-0.39, 0.29) is 23.8 Å². The third kappa shape index (κ3) is 3.34. The molecule has 2 aromatic heterocycles. The lowest BCUT2D eigenvalue weighted by molar-refractivity contribution is -0.690. The van der Waals surface area contributed by atoms with Crippen molar-refractivity contribution in [2.24, 2.45) is 0 Å². The molecule has 0 unspecified atom stereocenters. The van der Waals surface area contributed by atoms with Gasteiger partial charge in [-0.3, -0.25) is 14.3 Å². The predicted molar refractivity (Wildman–Crippen MR) is 114 cm³/mol. The zero-order chi connectivity index (χ0) is 21.5. The van der Waals surface area contributed by atoms with Crippen molar-refractivity contribution in [2.75, 3.05) is 6.54 Å². The van der Waals surface area contributed by atoms with Crippen LogP contribution >= 0.6 is 0 Å². The SMILES string of the molecule is O=c1[nH]c(=O)n(CCc2ccc(F)cc2)c(O)c1[C@H]1[NH2+]CCc2c1[nH]c1ccccc21. The summed E-state index contributed by atoms with van der Waals surface area (Å²) in [5, 5.41) is 14.1. The van der Waals surface area contributed by atoms with Crippen molar-refractivity contribution in [1.29, 1.82) is 0 Å². The monoisotopic (exact) mass is 421 g/mol. The van der Waals surface area contributed by atoms with Crippen molar-refractivity contribution >= 4 is 10.9 Å². The molecule has 8 heteroatoms. The van der Waals surface area contributed by atoms with Gasteiger partial charge < -0.3 is 15.4 Å². The highest BCUT2D eigenvalue weighted by atomic mass is 19.1. The van der Waals surface area contributed by atoms with E-state index in [0.29, 0.717) is 6.42 Å². The first-order valence-corrected chi connectivity index (χ1v) is 10.3. The molecular weight excluding hydrogens is 399 g/mol. The Bertz CT molecular complexity index is 1380. The van der Waals surface area contributed by atoms with Crippen LogP contribution in [0.1, 0.15) is 28.4 Å². The van der Waals surface area contributed by atoms with Gasteiger partial charge in [-0.2, -0.15) is 0 Å². The summed E-state index contributed by atoms with van der Waals surface area (Å²) in [6.45, 7) is 0.916. The molecule has 3 heterocycles. The Morgan fingerprint density at radius 3 is 2.68 bits per heavy atom. The highest BCUT2D eigenvalue weighted by Gasteiger charge is 2.34. The number of H-pyrrole nitrogens is 2. The molecule has 1 aliphatic rings. The minimum atomic E-state index is -0.666. The van der Waals surface area contributed by atoms with Gasteiger partial charge in [0.2, 0.25) is 5.88 Å². The number of aryl methyl sites for hydroxylation is 1. The number of nitrogens with two attached hydrogens (primary N) is 1. The van der Waals surface area contributed by atoms with Crippen molar-refractivity contribution in [3.63, 3.8) is 0 Å². The summed E-state index contributed by atoms with van der Waals surface area (Å²) in [4.78, 5) is 30.9. The Morgan fingerprint density at radius 2 is 1.87 bits per heavy atom. The van der Waals surface area contributed by atoms with Crippen LogP contribution in [0.25, 0.3) is 10.9 Å². The molecule has 0 radical (unpaired) electrons. The molecule has 0 saturated heterocycles. The number of hydrogen-bond acceptors (Lipinski definition) is 3. The molecule has 0 saturated carbocycles. The number of benzene rings is 2. The molecule has 0 fully saturated rings.